The SMILES string of the molecule is CC12C=CC(=O)C=C1CCC1C3CCC4(CCOC4=O)C3(C)CC[C@@H]12. The Labute approximate surface area is 149 Å². The van der Waals surface area contributed by atoms with E-state index in [1.165, 1.54) is 24.8 Å². The normalized spacial score (nSPS) is 51.0. The molecule has 0 aromatic rings. The number of hydrogen-bond acceptors (Lipinski definition) is 3. The Hall–Kier alpha value is -1.38. The van der Waals surface area contributed by atoms with Crippen LogP contribution in [-0.4, -0.2) is 18.4 Å². The van der Waals surface area contributed by atoms with E-state index in [4.69, 9.17) is 4.74 Å². The monoisotopic (exact) mass is 340 g/mol. The van der Waals surface area contributed by atoms with Crippen LogP contribution in [0.25, 0.3) is 0 Å². The van der Waals surface area contributed by atoms with E-state index in [1.54, 1.807) is 6.08 Å². The third kappa shape index (κ3) is 1.77. The van der Waals surface area contributed by atoms with E-state index in [-0.39, 0.29) is 28.0 Å². The van der Waals surface area contributed by atoms with Gasteiger partial charge in [0, 0.05) is 5.41 Å². The van der Waals surface area contributed by atoms with E-state index in [9.17, 15) is 9.59 Å². The molecule has 3 saturated carbocycles. The molecule has 0 aromatic carbocycles. The number of rotatable bonds is 0. The van der Waals surface area contributed by atoms with Gasteiger partial charge in [-0.3, -0.25) is 9.59 Å². The number of allylic oxidation sites excluding steroid dienone is 4. The van der Waals surface area contributed by atoms with E-state index in [0.717, 1.165) is 25.7 Å². The van der Waals surface area contributed by atoms with Crippen LogP contribution in [0.15, 0.2) is 23.8 Å². The first-order valence-electron chi connectivity index (χ1n) is 10.0. The molecule has 25 heavy (non-hydrogen) atoms. The molecule has 4 fully saturated rings. The fraction of sp³-hybridized carbons (Fsp3) is 0.727. The Bertz CT molecular complexity index is 719. The summed E-state index contributed by atoms with van der Waals surface area (Å²) in [6, 6.07) is 0. The van der Waals surface area contributed by atoms with E-state index < -0.39 is 0 Å². The highest BCUT2D eigenvalue weighted by atomic mass is 16.5. The highest BCUT2D eigenvalue weighted by molar-refractivity contribution is 6.01. The fourth-order valence-electron chi connectivity index (χ4n) is 7.64. The van der Waals surface area contributed by atoms with Crippen LogP contribution in [-0.2, 0) is 14.3 Å². The Morgan fingerprint density at radius 2 is 1.84 bits per heavy atom. The van der Waals surface area contributed by atoms with Crippen LogP contribution in [0.4, 0.5) is 0 Å². The lowest BCUT2D eigenvalue weighted by Gasteiger charge is -2.58. The lowest BCUT2D eigenvalue weighted by Crippen LogP contribution is -2.53. The standard InChI is InChI=1S/C22H28O3/c1-20-8-5-15(23)13-14(20)3-4-16-17(20)6-9-21(2)18(16)7-10-22(21)11-12-25-19(22)24/h5,8,13,16-18H,3-4,6-7,9-12H2,1-2H3/t16?,17-,18?,20?,21?,22?/m0/s1. The molecule has 6 atom stereocenters. The molecule has 4 aliphatic carbocycles. The fourth-order valence-corrected chi connectivity index (χ4v) is 7.64. The highest BCUT2D eigenvalue weighted by Gasteiger charge is 2.68. The summed E-state index contributed by atoms with van der Waals surface area (Å²) in [6.07, 6.45) is 13.5. The zero-order valence-electron chi connectivity index (χ0n) is 15.3. The zero-order valence-corrected chi connectivity index (χ0v) is 15.3. The first-order chi connectivity index (χ1) is 11.9. The van der Waals surface area contributed by atoms with Crippen LogP contribution in [0.5, 0.6) is 0 Å². The number of ketones is 1. The summed E-state index contributed by atoms with van der Waals surface area (Å²) in [5, 5.41) is 0. The topological polar surface area (TPSA) is 43.4 Å². The van der Waals surface area contributed by atoms with Gasteiger partial charge in [0.15, 0.2) is 5.78 Å². The Kier molecular flexibility index (Phi) is 3.08. The number of fused-ring (bicyclic) bond motifs is 6. The van der Waals surface area contributed by atoms with Crippen LogP contribution in [0, 0.1) is 34.0 Å². The molecule has 0 amide bonds. The van der Waals surface area contributed by atoms with Crippen molar-refractivity contribution in [2.24, 2.45) is 34.0 Å². The Morgan fingerprint density at radius 1 is 1.04 bits per heavy atom. The number of hydrogen-bond donors (Lipinski definition) is 0. The molecule has 1 spiro atoms. The third-order valence-corrected chi connectivity index (χ3v) is 9.07. The minimum atomic E-state index is -0.210. The van der Waals surface area contributed by atoms with Gasteiger partial charge in [-0.25, -0.2) is 0 Å². The van der Waals surface area contributed by atoms with Crippen LogP contribution >= 0.6 is 0 Å². The lowest BCUT2D eigenvalue weighted by atomic mass is 9.46. The molecule has 5 unspecified atom stereocenters. The van der Waals surface area contributed by atoms with Crippen molar-refractivity contribution in [1.82, 2.24) is 0 Å². The second-order valence-electron chi connectivity index (χ2n) is 9.57. The number of carbonyl (C=O) groups excluding carboxylic acids is 2. The van der Waals surface area contributed by atoms with Crippen molar-refractivity contribution >= 4 is 11.8 Å². The Morgan fingerprint density at radius 3 is 2.60 bits per heavy atom. The average molecular weight is 340 g/mol. The number of ether oxygens (including phenoxy) is 1. The number of esters is 1. The first kappa shape index (κ1) is 15.8. The molecule has 5 rings (SSSR count). The van der Waals surface area contributed by atoms with E-state index in [1.807, 2.05) is 6.08 Å². The summed E-state index contributed by atoms with van der Waals surface area (Å²) in [4.78, 5) is 24.5. The predicted octanol–water partition coefficient (Wildman–Crippen LogP) is 4.23. The van der Waals surface area contributed by atoms with Gasteiger partial charge >= 0.3 is 5.97 Å². The summed E-state index contributed by atoms with van der Waals surface area (Å²) in [7, 11) is 0. The molecule has 1 heterocycles. The maximum atomic E-state index is 12.7. The van der Waals surface area contributed by atoms with Crippen molar-refractivity contribution < 1.29 is 14.3 Å². The molecule has 0 radical (unpaired) electrons. The van der Waals surface area contributed by atoms with E-state index in [2.05, 4.69) is 19.9 Å². The largest absolute Gasteiger partial charge is 0.465 e. The lowest BCUT2D eigenvalue weighted by molar-refractivity contribution is -0.156. The van der Waals surface area contributed by atoms with Gasteiger partial charge in [-0.15, -0.1) is 0 Å². The van der Waals surface area contributed by atoms with Crippen molar-refractivity contribution in [2.75, 3.05) is 6.61 Å². The van der Waals surface area contributed by atoms with Crippen molar-refractivity contribution in [1.29, 1.82) is 0 Å². The molecule has 3 nitrogen and oxygen atoms in total. The number of carbonyl (C=O) groups is 2. The van der Waals surface area contributed by atoms with Crippen LogP contribution in [0.3, 0.4) is 0 Å². The quantitative estimate of drug-likeness (QED) is 0.620. The summed E-state index contributed by atoms with van der Waals surface area (Å²) in [5.74, 6) is 2.15. The van der Waals surface area contributed by atoms with Gasteiger partial charge in [0.25, 0.3) is 0 Å². The van der Waals surface area contributed by atoms with Gasteiger partial charge in [-0.1, -0.05) is 25.5 Å². The molecule has 3 heteroatoms. The zero-order chi connectivity index (χ0) is 17.4. The van der Waals surface area contributed by atoms with E-state index in [0.29, 0.717) is 24.4 Å². The first-order valence-corrected chi connectivity index (χ1v) is 10.0. The Balaban J connectivity index is 1.52. The van der Waals surface area contributed by atoms with Crippen LogP contribution in [0.2, 0.25) is 0 Å². The van der Waals surface area contributed by atoms with Gasteiger partial charge < -0.3 is 4.74 Å². The van der Waals surface area contributed by atoms with Crippen molar-refractivity contribution in [3.05, 3.63) is 23.8 Å². The number of cyclic esters (lactones) is 1. The predicted molar refractivity (Wildman–Crippen MR) is 94.6 cm³/mol. The second-order valence-corrected chi connectivity index (χ2v) is 9.57. The van der Waals surface area contributed by atoms with E-state index >= 15 is 0 Å². The molecular formula is C22H28O3. The van der Waals surface area contributed by atoms with Crippen molar-refractivity contribution in [2.45, 2.75) is 58.8 Å². The van der Waals surface area contributed by atoms with Crippen molar-refractivity contribution in [3.8, 4) is 0 Å². The van der Waals surface area contributed by atoms with Crippen LogP contribution in [0.1, 0.15) is 58.8 Å². The summed E-state index contributed by atoms with van der Waals surface area (Å²) >= 11 is 0. The summed E-state index contributed by atoms with van der Waals surface area (Å²) in [5.41, 5.74) is 1.29. The molecule has 0 bridgehead atoms. The molecule has 0 aromatic heterocycles. The molecule has 1 saturated heterocycles. The van der Waals surface area contributed by atoms with Gasteiger partial charge in [-0.05, 0) is 80.3 Å². The smallest absolute Gasteiger partial charge is 0.312 e. The minimum absolute atomic E-state index is 0.0457. The maximum absolute atomic E-state index is 12.7. The minimum Gasteiger partial charge on any atom is -0.465 e. The van der Waals surface area contributed by atoms with Crippen LogP contribution < -0.4 is 0 Å². The molecule has 5 aliphatic rings. The summed E-state index contributed by atoms with van der Waals surface area (Å²) < 4.78 is 5.46. The molecular weight excluding hydrogens is 312 g/mol. The molecule has 0 N–H and O–H groups in total. The molecule has 1 aliphatic heterocycles. The van der Waals surface area contributed by atoms with Gasteiger partial charge in [-0.2, -0.15) is 0 Å². The van der Waals surface area contributed by atoms with Gasteiger partial charge in [0.2, 0.25) is 0 Å². The highest BCUT2D eigenvalue weighted by Crippen LogP contribution is 2.71. The van der Waals surface area contributed by atoms with Gasteiger partial charge in [0.05, 0.1) is 12.0 Å². The molecule has 134 valence electrons. The summed E-state index contributed by atoms with van der Waals surface area (Å²) in [6.45, 7) is 5.35. The third-order valence-electron chi connectivity index (χ3n) is 9.07. The second kappa shape index (κ2) is 4.86. The average Bonchev–Trinajstić information content (AvgIpc) is 3.10. The van der Waals surface area contributed by atoms with Gasteiger partial charge in [0.1, 0.15) is 0 Å². The maximum Gasteiger partial charge on any atom is 0.312 e. The van der Waals surface area contributed by atoms with Crippen molar-refractivity contribution in [3.63, 3.8) is 0 Å².